The van der Waals surface area contributed by atoms with Gasteiger partial charge in [-0.05, 0) is 35.3 Å². The Labute approximate surface area is 147 Å². The van der Waals surface area contributed by atoms with Gasteiger partial charge in [0.15, 0.2) is 0 Å². The van der Waals surface area contributed by atoms with E-state index in [1.165, 1.54) is 11.1 Å². The summed E-state index contributed by atoms with van der Waals surface area (Å²) in [4.78, 5) is 0. The van der Waals surface area contributed by atoms with E-state index in [0.717, 1.165) is 18.6 Å². The maximum Gasteiger partial charge on any atom is 0.123 e. The average molecular weight is 341 g/mol. The Kier molecular flexibility index (Phi) is 7.89. The molecule has 3 heteroatoms. The summed E-state index contributed by atoms with van der Waals surface area (Å²) in [7, 11) is 0. The molecular weight excluding hydrogens is 308 g/mol. The Morgan fingerprint density at radius 1 is 0.913 bits per heavy atom. The molecule has 0 saturated heterocycles. The fourth-order valence-corrected chi connectivity index (χ4v) is 2.48. The number of rotatable bonds is 10. The summed E-state index contributed by atoms with van der Waals surface area (Å²) in [5.41, 5.74) is 2.94. The van der Waals surface area contributed by atoms with Crippen LogP contribution in [0.1, 0.15) is 65.5 Å². The van der Waals surface area contributed by atoms with Gasteiger partial charge in [-0.25, -0.2) is 0 Å². The smallest absolute Gasteiger partial charge is 0.123 e. The molecular formula is C20H33ClO2. The first-order valence-electron chi connectivity index (χ1n) is 8.70. The van der Waals surface area contributed by atoms with Crippen LogP contribution in [0.3, 0.4) is 0 Å². The Balaban J connectivity index is 3.01. The Morgan fingerprint density at radius 3 is 2.13 bits per heavy atom. The zero-order valence-corrected chi connectivity index (χ0v) is 16.4. The normalized spacial score (nSPS) is 12.5. The summed E-state index contributed by atoms with van der Waals surface area (Å²) < 4.78 is 11.4. The quantitative estimate of drug-likeness (QED) is 0.402. The van der Waals surface area contributed by atoms with Crippen LogP contribution in [0.25, 0.3) is 0 Å². The van der Waals surface area contributed by atoms with Crippen molar-refractivity contribution in [1.29, 1.82) is 0 Å². The van der Waals surface area contributed by atoms with Crippen LogP contribution in [-0.2, 0) is 15.6 Å². The van der Waals surface area contributed by atoms with Gasteiger partial charge in [0.05, 0.1) is 13.2 Å². The van der Waals surface area contributed by atoms with Gasteiger partial charge < -0.3 is 9.47 Å². The predicted octanol–water partition coefficient (Wildman–Crippen LogP) is 5.70. The lowest BCUT2D eigenvalue weighted by molar-refractivity contribution is 0.110. The summed E-state index contributed by atoms with van der Waals surface area (Å²) in [6.45, 7) is 15.3. The number of ether oxygens (including phenoxy) is 2. The zero-order chi connectivity index (χ0) is 17.5. The van der Waals surface area contributed by atoms with Crippen LogP contribution in [0, 0.1) is 0 Å². The SMILES string of the molecule is CCC(C)(C)c1ccc(OCCOCCCl)c(C(C)(C)CC)c1. The van der Waals surface area contributed by atoms with Crippen LogP contribution in [0.2, 0.25) is 0 Å². The van der Waals surface area contributed by atoms with Gasteiger partial charge in [-0.3, -0.25) is 0 Å². The molecule has 2 nitrogen and oxygen atoms in total. The van der Waals surface area contributed by atoms with E-state index in [1.807, 2.05) is 0 Å². The molecule has 0 N–H and O–H groups in total. The molecule has 0 aliphatic carbocycles. The maximum absolute atomic E-state index is 6.01. The first kappa shape index (κ1) is 20.3. The molecule has 0 bridgehead atoms. The maximum atomic E-state index is 6.01. The van der Waals surface area contributed by atoms with Gasteiger partial charge in [0.1, 0.15) is 12.4 Å². The highest BCUT2D eigenvalue weighted by Crippen LogP contribution is 2.38. The molecule has 23 heavy (non-hydrogen) atoms. The van der Waals surface area contributed by atoms with E-state index in [4.69, 9.17) is 21.1 Å². The highest BCUT2D eigenvalue weighted by molar-refractivity contribution is 6.17. The molecule has 0 saturated carbocycles. The molecule has 0 aliphatic heterocycles. The lowest BCUT2D eigenvalue weighted by atomic mass is 9.76. The minimum absolute atomic E-state index is 0.0894. The van der Waals surface area contributed by atoms with Gasteiger partial charge >= 0.3 is 0 Å². The monoisotopic (exact) mass is 340 g/mol. The van der Waals surface area contributed by atoms with Crippen molar-refractivity contribution in [3.63, 3.8) is 0 Å². The third-order valence-electron chi connectivity index (χ3n) is 4.96. The van der Waals surface area contributed by atoms with Crippen LogP contribution in [0.4, 0.5) is 0 Å². The molecule has 0 spiro atoms. The van der Waals surface area contributed by atoms with E-state index in [1.54, 1.807) is 0 Å². The standard InChI is InChI=1S/C20H33ClO2/c1-7-19(3,4)16-9-10-18(23-14-13-22-12-11-21)17(15-16)20(5,6)8-2/h9-10,15H,7-8,11-14H2,1-6H3. The number of halogens is 1. The highest BCUT2D eigenvalue weighted by Gasteiger charge is 2.26. The predicted molar refractivity (Wildman–Crippen MR) is 100 cm³/mol. The van der Waals surface area contributed by atoms with Crippen LogP contribution in [0.5, 0.6) is 5.75 Å². The van der Waals surface area contributed by atoms with Crippen molar-refractivity contribution < 1.29 is 9.47 Å². The summed E-state index contributed by atoms with van der Waals surface area (Å²) in [6, 6.07) is 6.66. The summed E-state index contributed by atoms with van der Waals surface area (Å²) in [5.74, 6) is 1.50. The van der Waals surface area contributed by atoms with Crippen molar-refractivity contribution >= 4 is 11.6 Å². The Hall–Kier alpha value is -0.730. The van der Waals surface area contributed by atoms with Crippen LogP contribution in [-0.4, -0.2) is 25.7 Å². The third-order valence-corrected chi connectivity index (χ3v) is 5.12. The fraction of sp³-hybridized carbons (Fsp3) is 0.700. The van der Waals surface area contributed by atoms with Crippen molar-refractivity contribution in [3.05, 3.63) is 29.3 Å². The van der Waals surface area contributed by atoms with E-state index in [-0.39, 0.29) is 10.8 Å². The fourth-order valence-electron chi connectivity index (χ4n) is 2.37. The number of benzene rings is 1. The topological polar surface area (TPSA) is 18.5 Å². The number of alkyl halides is 1. The second-order valence-corrected chi connectivity index (χ2v) is 7.71. The van der Waals surface area contributed by atoms with E-state index in [2.05, 4.69) is 59.7 Å². The molecule has 0 aromatic heterocycles. The van der Waals surface area contributed by atoms with Crippen molar-refractivity contribution in [3.8, 4) is 5.75 Å². The van der Waals surface area contributed by atoms with Gasteiger partial charge in [-0.15, -0.1) is 11.6 Å². The van der Waals surface area contributed by atoms with Crippen molar-refractivity contribution in [2.24, 2.45) is 0 Å². The molecule has 0 radical (unpaired) electrons. The molecule has 0 fully saturated rings. The lowest BCUT2D eigenvalue weighted by Crippen LogP contribution is -2.21. The summed E-state index contributed by atoms with van der Waals surface area (Å²) in [5, 5.41) is 0. The lowest BCUT2D eigenvalue weighted by Gasteiger charge is -2.30. The largest absolute Gasteiger partial charge is 0.491 e. The van der Waals surface area contributed by atoms with E-state index in [0.29, 0.717) is 25.7 Å². The Bertz CT molecular complexity index is 481. The highest BCUT2D eigenvalue weighted by atomic mass is 35.5. The average Bonchev–Trinajstić information content (AvgIpc) is 2.54. The molecule has 132 valence electrons. The Morgan fingerprint density at radius 2 is 1.57 bits per heavy atom. The molecule has 1 rings (SSSR count). The second kappa shape index (κ2) is 8.94. The second-order valence-electron chi connectivity index (χ2n) is 7.34. The summed E-state index contributed by atoms with van der Waals surface area (Å²) >= 11 is 5.61. The molecule has 0 aliphatic rings. The van der Waals surface area contributed by atoms with Crippen LogP contribution >= 0.6 is 11.6 Å². The van der Waals surface area contributed by atoms with Gasteiger partial charge in [-0.2, -0.15) is 0 Å². The molecule has 0 atom stereocenters. The van der Waals surface area contributed by atoms with Gasteiger partial charge in [0.2, 0.25) is 0 Å². The van der Waals surface area contributed by atoms with Crippen LogP contribution in [0.15, 0.2) is 18.2 Å². The first-order valence-corrected chi connectivity index (χ1v) is 9.23. The first-order chi connectivity index (χ1) is 10.8. The number of hydrogen-bond donors (Lipinski definition) is 0. The molecule has 0 amide bonds. The van der Waals surface area contributed by atoms with Gasteiger partial charge in [0.25, 0.3) is 0 Å². The zero-order valence-electron chi connectivity index (χ0n) is 15.7. The minimum Gasteiger partial charge on any atom is -0.491 e. The van der Waals surface area contributed by atoms with Crippen molar-refractivity contribution in [2.75, 3.05) is 25.7 Å². The minimum atomic E-state index is 0.0894. The van der Waals surface area contributed by atoms with E-state index < -0.39 is 0 Å². The van der Waals surface area contributed by atoms with Crippen molar-refractivity contribution in [1.82, 2.24) is 0 Å². The molecule has 0 heterocycles. The van der Waals surface area contributed by atoms with E-state index >= 15 is 0 Å². The van der Waals surface area contributed by atoms with Gasteiger partial charge in [-0.1, -0.05) is 53.7 Å². The third kappa shape index (κ3) is 5.69. The number of hydrogen-bond acceptors (Lipinski definition) is 2. The molecule has 1 aromatic rings. The molecule has 0 unspecified atom stereocenters. The van der Waals surface area contributed by atoms with E-state index in [9.17, 15) is 0 Å². The summed E-state index contributed by atoms with van der Waals surface area (Å²) in [6.07, 6.45) is 2.19. The van der Waals surface area contributed by atoms with Gasteiger partial charge in [0, 0.05) is 11.4 Å². The molecule has 1 aromatic carbocycles. The van der Waals surface area contributed by atoms with Crippen LogP contribution < -0.4 is 4.74 Å². The van der Waals surface area contributed by atoms with Crippen molar-refractivity contribution in [2.45, 2.75) is 65.2 Å².